The molecule has 0 aliphatic carbocycles. The number of amides is 1. The van der Waals surface area contributed by atoms with Crippen molar-refractivity contribution in [2.75, 3.05) is 19.6 Å². The van der Waals surface area contributed by atoms with Crippen LogP contribution in [0, 0.1) is 5.92 Å². The molecule has 0 bridgehead atoms. The summed E-state index contributed by atoms with van der Waals surface area (Å²) in [5.74, 6) is 1.02. The van der Waals surface area contributed by atoms with Gasteiger partial charge >= 0.3 is 0 Å². The summed E-state index contributed by atoms with van der Waals surface area (Å²) in [4.78, 5) is 16.4. The maximum atomic E-state index is 12.6. The van der Waals surface area contributed by atoms with Gasteiger partial charge in [-0.15, -0.1) is 11.3 Å². The molecule has 0 radical (unpaired) electrons. The zero-order valence-corrected chi connectivity index (χ0v) is 15.8. The van der Waals surface area contributed by atoms with E-state index in [4.69, 9.17) is 4.42 Å². The second kappa shape index (κ2) is 7.64. The molecule has 1 fully saturated rings. The van der Waals surface area contributed by atoms with Gasteiger partial charge in [-0.1, -0.05) is 31.2 Å². The molecule has 3 heterocycles. The highest BCUT2D eigenvalue weighted by Gasteiger charge is 2.26. The van der Waals surface area contributed by atoms with E-state index in [9.17, 15) is 4.79 Å². The van der Waals surface area contributed by atoms with E-state index >= 15 is 0 Å². The standard InChI is InChI=1S/C21H24N2O2S/c1-15-8-10-23(11-9-15)17(20-7-4-12-26-20)14-22-21(24)19-13-16-5-2-3-6-18(16)25-19/h2-7,12-13,15,17H,8-11,14H2,1H3,(H,22,24)/t17-/m1/s1. The monoisotopic (exact) mass is 368 g/mol. The number of para-hydroxylation sites is 1. The lowest BCUT2D eigenvalue weighted by Gasteiger charge is -2.36. The quantitative estimate of drug-likeness (QED) is 0.710. The highest BCUT2D eigenvalue weighted by Crippen LogP contribution is 2.29. The molecule has 5 heteroatoms. The Morgan fingerprint density at radius 1 is 1.27 bits per heavy atom. The molecule has 1 amide bonds. The number of furan rings is 1. The fraction of sp³-hybridized carbons (Fsp3) is 0.381. The summed E-state index contributed by atoms with van der Waals surface area (Å²) >= 11 is 1.76. The largest absolute Gasteiger partial charge is 0.451 e. The zero-order valence-electron chi connectivity index (χ0n) is 15.0. The van der Waals surface area contributed by atoms with Crippen molar-refractivity contribution < 1.29 is 9.21 Å². The van der Waals surface area contributed by atoms with Crippen molar-refractivity contribution in [2.24, 2.45) is 5.92 Å². The van der Waals surface area contributed by atoms with Crippen LogP contribution in [0.5, 0.6) is 0 Å². The Balaban J connectivity index is 1.46. The number of carbonyl (C=O) groups is 1. The van der Waals surface area contributed by atoms with Gasteiger partial charge in [0.1, 0.15) is 5.58 Å². The minimum atomic E-state index is -0.145. The number of benzene rings is 1. The average Bonchev–Trinajstić information content (AvgIpc) is 3.33. The summed E-state index contributed by atoms with van der Waals surface area (Å²) in [6, 6.07) is 14.0. The van der Waals surface area contributed by atoms with Gasteiger partial charge in [-0.25, -0.2) is 0 Å². The molecule has 1 saturated heterocycles. The van der Waals surface area contributed by atoms with Crippen molar-refractivity contribution >= 4 is 28.2 Å². The summed E-state index contributed by atoms with van der Waals surface area (Å²) in [5, 5.41) is 6.15. The fourth-order valence-electron chi connectivity index (χ4n) is 3.60. The number of hydrogen-bond acceptors (Lipinski definition) is 4. The van der Waals surface area contributed by atoms with E-state index < -0.39 is 0 Å². The van der Waals surface area contributed by atoms with Crippen LogP contribution < -0.4 is 5.32 Å². The summed E-state index contributed by atoms with van der Waals surface area (Å²) in [5.41, 5.74) is 0.748. The zero-order chi connectivity index (χ0) is 17.9. The molecule has 3 aromatic rings. The molecule has 1 atom stereocenters. The first-order valence-electron chi connectivity index (χ1n) is 9.25. The Bertz CT molecular complexity index is 830. The van der Waals surface area contributed by atoms with E-state index in [2.05, 4.69) is 34.7 Å². The summed E-state index contributed by atoms with van der Waals surface area (Å²) in [6.45, 7) is 5.10. The summed E-state index contributed by atoms with van der Waals surface area (Å²) < 4.78 is 5.69. The van der Waals surface area contributed by atoms with Crippen molar-refractivity contribution in [3.63, 3.8) is 0 Å². The predicted octanol–water partition coefficient (Wildman–Crippen LogP) is 4.70. The van der Waals surface area contributed by atoms with Crippen LogP contribution in [0.25, 0.3) is 11.0 Å². The molecule has 136 valence electrons. The first-order valence-corrected chi connectivity index (χ1v) is 10.1. The van der Waals surface area contributed by atoms with Crippen molar-refractivity contribution in [2.45, 2.75) is 25.8 Å². The first-order chi connectivity index (χ1) is 12.7. The van der Waals surface area contributed by atoms with Gasteiger partial charge in [0.05, 0.1) is 6.04 Å². The van der Waals surface area contributed by atoms with Gasteiger partial charge in [-0.2, -0.15) is 0 Å². The van der Waals surface area contributed by atoms with Crippen LogP contribution in [0.3, 0.4) is 0 Å². The number of carbonyl (C=O) groups excluding carboxylic acids is 1. The Morgan fingerprint density at radius 3 is 2.81 bits per heavy atom. The van der Waals surface area contributed by atoms with Crippen molar-refractivity contribution in [1.82, 2.24) is 10.2 Å². The van der Waals surface area contributed by atoms with Gasteiger partial charge in [-0.05, 0) is 55.4 Å². The van der Waals surface area contributed by atoms with Crippen molar-refractivity contribution in [1.29, 1.82) is 0 Å². The average molecular weight is 369 g/mol. The molecule has 1 aliphatic heterocycles. The first kappa shape index (κ1) is 17.3. The number of nitrogens with one attached hydrogen (secondary N) is 1. The molecule has 0 unspecified atom stereocenters. The normalized spacial score (nSPS) is 17.4. The van der Waals surface area contributed by atoms with Crippen LogP contribution >= 0.6 is 11.3 Å². The molecular weight excluding hydrogens is 344 g/mol. The number of thiophene rings is 1. The van der Waals surface area contributed by atoms with E-state index in [1.807, 2.05) is 30.3 Å². The predicted molar refractivity (Wildman–Crippen MR) is 106 cm³/mol. The van der Waals surface area contributed by atoms with E-state index in [1.54, 1.807) is 11.3 Å². The van der Waals surface area contributed by atoms with Gasteiger partial charge in [0.15, 0.2) is 5.76 Å². The van der Waals surface area contributed by atoms with Gasteiger partial charge in [0, 0.05) is 16.8 Å². The Kier molecular flexibility index (Phi) is 5.09. The van der Waals surface area contributed by atoms with E-state index in [0.29, 0.717) is 12.3 Å². The summed E-state index contributed by atoms with van der Waals surface area (Å²) in [6.07, 6.45) is 2.44. The van der Waals surface area contributed by atoms with Crippen LogP contribution in [0.2, 0.25) is 0 Å². The fourth-order valence-corrected chi connectivity index (χ4v) is 4.46. The van der Waals surface area contributed by atoms with Crippen LogP contribution in [0.15, 0.2) is 52.3 Å². The molecule has 1 N–H and O–H groups in total. The number of piperidine rings is 1. The maximum Gasteiger partial charge on any atom is 0.287 e. The third kappa shape index (κ3) is 3.69. The maximum absolute atomic E-state index is 12.6. The Morgan fingerprint density at radius 2 is 2.08 bits per heavy atom. The molecule has 1 aromatic carbocycles. The van der Waals surface area contributed by atoms with Gasteiger partial charge < -0.3 is 9.73 Å². The molecule has 2 aromatic heterocycles. The van der Waals surface area contributed by atoms with Crippen LogP contribution in [-0.4, -0.2) is 30.4 Å². The topological polar surface area (TPSA) is 45.5 Å². The van der Waals surface area contributed by atoms with E-state index in [-0.39, 0.29) is 11.9 Å². The van der Waals surface area contributed by atoms with Crippen molar-refractivity contribution in [3.8, 4) is 0 Å². The molecule has 4 rings (SSSR count). The van der Waals surface area contributed by atoms with E-state index in [0.717, 1.165) is 30.0 Å². The lowest BCUT2D eigenvalue weighted by Crippen LogP contribution is -2.41. The number of rotatable bonds is 5. The highest BCUT2D eigenvalue weighted by molar-refractivity contribution is 7.10. The molecule has 0 spiro atoms. The highest BCUT2D eigenvalue weighted by atomic mass is 32.1. The third-order valence-electron chi connectivity index (χ3n) is 5.24. The molecule has 1 aliphatic rings. The Labute approximate surface area is 157 Å². The van der Waals surface area contributed by atoms with Crippen LogP contribution in [0.1, 0.15) is 41.2 Å². The van der Waals surface area contributed by atoms with Crippen molar-refractivity contribution in [3.05, 3.63) is 58.5 Å². The van der Waals surface area contributed by atoms with Crippen LogP contribution in [0.4, 0.5) is 0 Å². The van der Waals surface area contributed by atoms with E-state index in [1.165, 1.54) is 17.7 Å². The molecular formula is C21H24N2O2S. The van der Waals surface area contributed by atoms with Gasteiger partial charge in [-0.3, -0.25) is 9.69 Å². The van der Waals surface area contributed by atoms with Gasteiger partial charge in [0.25, 0.3) is 5.91 Å². The number of hydrogen-bond donors (Lipinski definition) is 1. The molecule has 0 saturated carbocycles. The third-order valence-corrected chi connectivity index (χ3v) is 6.21. The minimum Gasteiger partial charge on any atom is -0.451 e. The SMILES string of the molecule is CC1CCN([C@H](CNC(=O)c2cc3ccccc3o2)c2cccs2)CC1. The Hall–Kier alpha value is -2.11. The second-order valence-corrected chi connectivity index (χ2v) is 8.09. The second-order valence-electron chi connectivity index (χ2n) is 7.11. The molecule has 26 heavy (non-hydrogen) atoms. The molecule has 4 nitrogen and oxygen atoms in total. The number of nitrogens with zero attached hydrogens (tertiary/aromatic N) is 1. The van der Waals surface area contributed by atoms with Gasteiger partial charge in [0.2, 0.25) is 0 Å². The number of likely N-dealkylation sites (tertiary alicyclic amines) is 1. The van der Waals surface area contributed by atoms with Crippen LogP contribution in [-0.2, 0) is 0 Å². The lowest BCUT2D eigenvalue weighted by molar-refractivity contribution is 0.0890. The summed E-state index contributed by atoms with van der Waals surface area (Å²) in [7, 11) is 0. The smallest absolute Gasteiger partial charge is 0.287 e. The minimum absolute atomic E-state index is 0.145. The number of fused-ring (bicyclic) bond motifs is 1. The lowest BCUT2D eigenvalue weighted by atomic mass is 9.97.